The summed E-state index contributed by atoms with van der Waals surface area (Å²) in [5.41, 5.74) is 2.26. The zero-order valence-corrected chi connectivity index (χ0v) is 15.4. The van der Waals surface area contributed by atoms with Crippen LogP contribution in [0.4, 0.5) is 11.4 Å². The predicted molar refractivity (Wildman–Crippen MR) is 106 cm³/mol. The summed E-state index contributed by atoms with van der Waals surface area (Å²) in [5, 5.41) is 3.00. The monoisotopic (exact) mass is 368 g/mol. The highest BCUT2D eigenvalue weighted by atomic mass is 16.5. The third kappa shape index (κ3) is 4.60. The van der Waals surface area contributed by atoms with Crippen LogP contribution >= 0.6 is 0 Å². The van der Waals surface area contributed by atoms with Crippen molar-refractivity contribution in [3.8, 4) is 11.5 Å². The molecule has 2 aromatic carbocycles. The molecule has 27 heavy (non-hydrogen) atoms. The second-order valence-electron chi connectivity index (χ2n) is 6.04. The average molecular weight is 368 g/mol. The van der Waals surface area contributed by atoms with E-state index in [9.17, 15) is 4.79 Å². The molecule has 0 unspecified atom stereocenters. The quantitative estimate of drug-likeness (QED) is 0.760. The molecule has 1 N–H and O–H groups in total. The van der Waals surface area contributed by atoms with Gasteiger partial charge < -0.3 is 24.4 Å². The van der Waals surface area contributed by atoms with Crippen LogP contribution in [0.3, 0.4) is 0 Å². The highest BCUT2D eigenvalue weighted by Gasteiger charge is 2.17. The second kappa shape index (κ2) is 9.09. The molecular formula is C21H24N2O4. The van der Waals surface area contributed by atoms with Crippen LogP contribution in [0, 0.1) is 0 Å². The van der Waals surface area contributed by atoms with Crippen molar-refractivity contribution in [2.24, 2.45) is 0 Å². The number of methoxy groups -OCH3 is 1. The van der Waals surface area contributed by atoms with Gasteiger partial charge in [0.15, 0.2) is 11.5 Å². The Labute approximate surface area is 159 Å². The number of morpholine rings is 1. The van der Waals surface area contributed by atoms with E-state index in [1.165, 1.54) is 0 Å². The first kappa shape index (κ1) is 18.8. The summed E-state index contributed by atoms with van der Waals surface area (Å²) >= 11 is 0. The number of benzene rings is 2. The van der Waals surface area contributed by atoms with E-state index in [-0.39, 0.29) is 5.91 Å². The second-order valence-corrected chi connectivity index (χ2v) is 6.04. The average Bonchev–Trinajstić information content (AvgIpc) is 2.73. The van der Waals surface area contributed by atoms with Crippen molar-refractivity contribution in [2.45, 2.75) is 0 Å². The molecule has 1 amide bonds. The van der Waals surface area contributed by atoms with Gasteiger partial charge in [-0.15, -0.1) is 0 Å². The molecule has 142 valence electrons. The van der Waals surface area contributed by atoms with Crippen molar-refractivity contribution >= 4 is 17.3 Å². The van der Waals surface area contributed by atoms with Gasteiger partial charge in [0.05, 0.1) is 31.7 Å². The van der Waals surface area contributed by atoms with Gasteiger partial charge in [-0.25, -0.2) is 0 Å². The lowest BCUT2D eigenvalue weighted by molar-refractivity contribution is 0.102. The van der Waals surface area contributed by atoms with Crippen LogP contribution in [0.5, 0.6) is 11.5 Å². The van der Waals surface area contributed by atoms with Gasteiger partial charge >= 0.3 is 0 Å². The molecule has 1 aliphatic heterocycles. The Kier molecular flexibility index (Phi) is 6.33. The van der Waals surface area contributed by atoms with Crippen molar-refractivity contribution in [3.05, 3.63) is 60.7 Å². The summed E-state index contributed by atoms with van der Waals surface area (Å²) in [6.45, 7) is 6.97. The highest BCUT2D eigenvalue weighted by Crippen LogP contribution is 2.30. The Morgan fingerprint density at radius 2 is 2.00 bits per heavy atom. The molecule has 1 saturated heterocycles. The van der Waals surface area contributed by atoms with Crippen LogP contribution in [0.15, 0.2) is 55.1 Å². The number of carbonyl (C=O) groups excluding carboxylic acids is 1. The minimum atomic E-state index is -0.204. The molecule has 0 atom stereocenters. The Bertz CT molecular complexity index is 801. The topological polar surface area (TPSA) is 60.0 Å². The van der Waals surface area contributed by atoms with Gasteiger partial charge in [-0.3, -0.25) is 4.79 Å². The molecule has 0 aromatic heterocycles. The summed E-state index contributed by atoms with van der Waals surface area (Å²) in [4.78, 5) is 15.0. The molecule has 0 radical (unpaired) electrons. The molecule has 3 rings (SSSR count). The molecule has 1 fully saturated rings. The van der Waals surface area contributed by atoms with Gasteiger partial charge in [0.25, 0.3) is 5.91 Å². The Hall–Kier alpha value is -2.99. The van der Waals surface area contributed by atoms with E-state index in [1.807, 2.05) is 24.3 Å². The van der Waals surface area contributed by atoms with Gasteiger partial charge in [0.2, 0.25) is 0 Å². The zero-order chi connectivity index (χ0) is 19.1. The number of para-hydroxylation sites is 2. The van der Waals surface area contributed by atoms with E-state index >= 15 is 0 Å². The minimum Gasteiger partial charge on any atom is -0.493 e. The molecule has 1 aliphatic rings. The predicted octanol–water partition coefficient (Wildman–Crippen LogP) is 3.35. The van der Waals surface area contributed by atoms with E-state index in [4.69, 9.17) is 14.2 Å². The Balaban J connectivity index is 1.78. The van der Waals surface area contributed by atoms with Crippen molar-refractivity contribution in [3.63, 3.8) is 0 Å². The normalized spacial score (nSPS) is 13.7. The van der Waals surface area contributed by atoms with Crippen molar-refractivity contribution in [2.75, 3.05) is 50.2 Å². The maximum absolute atomic E-state index is 12.8. The zero-order valence-electron chi connectivity index (χ0n) is 15.4. The number of anilines is 2. The SMILES string of the molecule is C=CCOc1ccc(C(=O)Nc2ccccc2N2CCOCC2)cc1OC. The lowest BCUT2D eigenvalue weighted by atomic mass is 10.1. The first-order valence-electron chi connectivity index (χ1n) is 8.87. The fourth-order valence-electron chi connectivity index (χ4n) is 2.93. The van der Waals surface area contributed by atoms with Crippen molar-refractivity contribution in [1.82, 2.24) is 0 Å². The fraction of sp³-hybridized carbons (Fsp3) is 0.286. The van der Waals surface area contributed by atoms with Gasteiger partial charge in [-0.1, -0.05) is 24.8 Å². The van der Waals surface area contributed by atoms with Gasteiger partial charge in [0, 0.05) is 18.7 Å². The molecule has 0 bridgehead atoms. The molecule has 2 aromatic rings. The number of ether oxygens (including phenoxy) is 3. The molecule has 0 spiro atoms. The fourth-order valence-corrected chi connectivity index (χ4v) is 2.93. The lowest BCUT2D eigenvalue weighted by Crippen LogP contribution is -2.36. The number of nitrogens with zero attached hydrogens (tertiary/aromatic N) is 1. The first-order valence-corrected chi connectivity index (χ1v) is 8.87. The van der Waals surface area contributed by atoms with Crippen LogP contribution in [-0.2, 0) is 4.74 Å². The highest BCUT2D eigenvalue weighted by molar-refractivity contribution is 6.06. The van der Waals surface area contributed by atoms with E-state index in [1.54, 1.807) is 31.4 Å². The smallest absolute Gasteiger partial charge is 0.255 e. The third-order valence-corrected chi connectivity index (χ3v) is 4.29. The minimum absolute atomic E-state index is 0.204. The third-order valence-electron chi connectivity index (χ3n) is 4.29. The van der Waals surface area contributed by atoms with Gasteiger partial charge in [-0.05, 0) is 30.3 Å². The van der Waals surface area contributed by atoms with Crippen molar-refractivity contribution in [1.29, 1.82) is 0 Å². The van der Waals surface area contributed by atoms with E-state index in [0.717, 1.165) is 24.5 Å². The number of hydrogen-bond donors (Lipinski definition) is 1. The molecule has 0 saturated carbocycles. The summed E-state index contributed by atoms with van der Waals surface area (Å²) in [6, 6.07) is 12.9. The van der Waals surface area contributed by atoms with Crippen LogP contribution in [-0.4, -0.2) is 45.9 Å². The van der Waals surface area contributed by atoms with Crippen molar-refractivity contribution < 1.29 is 19.0 Å². The van der Waals surface area contributed by atoms with Gasteiger partial charge in [0.1, 0.15) is 6.61 Å². The molecule has 6 nitrogen and oxygen atoms in total. The first-order chi connectivity index (χ1) is 13.2. The van der Waals surface area contributed by atoms with Crippen LogP contribution in [0.25, 0.3) is 0 Å². The number of nitrogens with one attached hydrogen (secondary N) is 1. The molecular weight excluding hydrogens is 344 g/mol. The molecule has 6 heteroatoms. The number of amides is 1. The van der Waals surface area contributed by atoms with Crippen LogP contribution in [0.2, 0.25) is 0 Å². The molecule has 0 aliphatic carbocycles. The van der Waals surface area contributed by atoms with E-state index in [2.05, 4.69) is 16.8 Å². The summed E-state index contributed by atoms with van der Waals surface area (Å²) in [6.07, 6.45) is 1.66. The number of hydrogen-bond acceptors (Lipinski definition) is 5. The largest absolute Gasteiger partial charge is 0.493 e. The maximum Gasteiger partial charge on any atom is 0.255 e. The molecule has 1 heterocycles. The summed E-state index contributed by atoms with van der Waals surface area (Å²) < 4.78 is 16.3. The summed E-state index contributed by atoms with van der Waals surface area (Å²) in [5.74, 6) is 0.873. The number of rotatable bonds is 7. The van der Waals surface area contributed by atoms with Crippen LogP contribution in [0.1, 0.15) is 10.4 Å². The van der Waals surface area contributed by atoms with Gasteiger partial charge in [-0.2, -0.15) is 0 Å². The standard InChI is InChI=1S/C21H24N2O4/c1-3-12-27-19-9-8-16(15-20(19)25-2)21(24)22-17-6-4-5-7-18(17)23-10-13-26-14-11-23/h3-9,15H,1,10-14H2,2H3,(H,22,24). The summed E-state index contributed by atoms with van der Waals surface area (Å²) in [7, 11) is 1.55. The maximum atomic E-state index is 12.8. The number of carbonyl (C=O) groups is 1. The Morgan fingerprint density at radius 1 is 1.22 bits per heavy atom. The van der Waals surface area contributed by atoms with E-state index < -0.39 is 0 Å². The Morgan fingerprint density at radius 3 is 2.74 bits per heavy atom. The van der Waals surface area contributed by atoms with Crippen LogP contribution < -0.4 is 19.7 Å². The lowest BCUT2D eigenvalue weighted by Gasteiger charge is -2.30. The van der Waals surface area contributed by atoms with E-state index in [0.29, 0.717) is 36.9 Å².